The Morgan fingerprint density at radius 1 is 0.372 bits per heavy atom. The zero-order valence-corrected chi connectivity index (χ0v) is 49.5. The minimum Gasteiger partial charge on any atom is -0.462 e. The molecular formula is C66H105O11P. The highest BCUT2D eigenvalue weighted by Crippen LogP contribution is 2.43. The number of aliphatic hydroxyl groups excluding tert-OH is 1. The molecule has 0 aromatic rings. The van der Waals surface area contributed by atoms with E-state index in [9.17, 15) is 28.9 Å². The first-order valence-electron chi connectivity index (χ1n) is 29.7. The van der Waals surface area contributed by atoms with Gasteiger partial charge >= 0.3 is 25.7 Å². The molecule has 0 fully saturated rings. The van der Waals surface area contributed by atoms with Crippen molar-refractivity contribution in [3.05, 3.63) is 146 Å². The van der Waals surface area contributed by atoms with Gasteiger partial charge < -0.3 is 24.2 Å². The van der Waals surface area contributed by atoms with Crippen molar-refractivity contribution in [2.45, 2.75) is 226 Å². The Kier molecular flexibility index (Phi) is 55.0. The van der Waals surface area contributed by atoms with Gasteiger partial charge in [0.2, 0.25) is 0 Å². The maximum absolute atomic E-state index is 12.9. The molecule has 0 rings (SSSR count). The number of carbonyl (C=O) groups excluding carboxylic acids is 3. The van der Waals surface area contributed by atoms with E-state index in [2.05, 4.69) is 148 Å². The van der Waals surface area contributed by atoms with Gasteiger partial charge in [0.1, 0.15) is 12.7 Å². The third-order valence-electron chi connectivity index (χ3n) is 11.7. The second-order valence-corrected chi connectivity index (χ2v) is 20.5. The quantitative estimate of drug-likeness (QED) is 0.0197. The van der Waals surface area contributed by atoms with Gasteiger partial charge in [-0.15, -0.1) is 0 Å². The predicted octanol–water partition coefficient (Wildman–Crippen LogP) is 17.9. The monoisotopic (exact) mass is 1100 g/mol. The molecule has 0 aliphatic rings. The van der Waals surface area contributed by atoms with E-state index in [1.165, 1.54) is 25.7 Å². The van der Waals surface area contributed by atoms with Crippen molar-refractivity contribution in [2.75, 3.05) is 26.4 Å². The number of aliphatic hydroxyl groups is 1. The first-order chi connectivity index (χ1) is 38.2. The Hall–Kier alpha value is -4.64. The van der Waals surface area contributed by atoms with Gasteiger partial charge in [-0.2, -0.15) is 0 Å². The van der Waals surface area contributed by atoms with Gasteiger partial charge in [0.05, 0.1) is 19.8 Å². The molecule has 0 amide bonds. The van der Waals surface area contributed by atoms with Gasteiger partial charge in [-0.1, -0.05) is 212 Å². The van der Waals surface area contributed by atoms with E-state index in [1.807, 2.05) is 18.2 Å². The van der Waals surface area contributed by atoms with Crippen molar-refractivity contribution in [3.63, 3.8) is 0 Å². The smallest absolute Gasteiger partial charge is 0.462 e. The largest absolute Gasteiger partial charge is 0.472 e. The van der Waals surface area contributed by atoms with E-state index < -0.39 is 57.8 Å². The van der Waals surface area contributed by atoms with E-state index in [-0.39, 0.29) is 25.9 Å². The van der Waals surface area contributed by atoms with Crippen molar-refractivity contribution in [1.29, 1.82) is 0 Å². The summed E-state index contributed by atoms with van der Waals surface area (Å²) >= 11 is 0. The molecular weight excluding hydrogens is 1000 g/mol. The topological polar surface area (TPSA) is 155 Å². The summed E-state index contributed by atoms with van der Waals surface area (Å²) in [6.07, 6.45) is 75.3. The third kappa shape index (κ3) is 56.1. The predicted molar refractivity (Wildman–Crippen MR) is 325 cm³/mol. The number of esters is 3. The Morgan fingerprint density at radius 3 is 1.12 bits per heavy atom. The number of rotatable bonds is 53. The second-order valence-electron chi connectivity index (χ2n) is 19.0. The number of hydrogen-bond donors (Lipinski definition) is 2. The molecule has 11 nitrogen and oxygen atoms in total. The fourth-order valence-corrected chi connectivity index (χ4v) is 8.07. The van der Waals surface area contributed by atoms with E-state index >= 15 is 0 Å². The summed E-state index contributed by atoms with van der Waals surface area (Å²) in [7, 11) is -4.79. The molecule has 0 bridgehead atoms. The van der Waals surface area contributed by atoms with Crippen molar-refractivity contribution in [2.24, 2.45) is 0 Å². The summed E-state index contributed by atoms with van der Waals surface area (Å²) in [4.78, 5) is 48.6. The van der Waals surface area contributed by atoms with E-state index in [4.69, 9.17) is 23.3 Å². The van der Waals surface area contributed by atoms with Gasteiger partial charge in [0.25, 0.3) is 0 Å². The lowest BCUT2D eigenvalue weighted by Crippen LogP contribution is -2.30. The molecule has 0 aliphatic carbocycles. The summed E-state index contributed by atoms with van der Waals surface area (Å²) in [5.74, 6) is -1.62. The summed E-state index contributed by atoms with van der Waals surface area (Å²) in [6, 6.07) is 0. The average molecular weight is 1110 g/mol. The molecule has 12 heteroatoms. The fraction of sp³-hybridized carbons (Fsp3) is 0.591. The minimum atomic E-state index is -4.79. The number of carbonyl (C=O) groups is 3. The highest BCUT2D eigenvalue weighted by molar-refractivity contribution is 7.47. The maximum Gasteiger partial charge on any atom is 0.472 e. The van der Waals surface area contributed by atoms with Crippen molar-refractivity contribution in [1.82, 2.24) is 0 Å². The molecule has 0 spiro atoms. The summed E-state index contributed by atoms with van der Waals surface area (Å²) in [5, 5.41) is 9.80. The lowest BCUT2D eigenvalue weighted by molar-refractivity contribution is -0.161. The molecule has 440 valence electrons. The van der Waals surface area contributed by atoms with Crippen LogP contribution in [-0.4, -0.2) is 66.5 Å². The molecule has 3 unspecified atom stereocenters. The van der Waals surface area contributed by atoms with Crippen LogP contribution < -0.4 is 0 Å². The van der Waals surface area contributed by atoms with Gasteiger partial charge in [-0.25, -0.2) is 4.57 Å². The zero-order valence-electron chi connectivity index (χ0n) is 48.6. The van der Waals surface area contributed by atoms with Crippen LogP contribution in [0.15, 0.2) is 146 Å². The molecule has 0 aromatic carbocycles. The Morgan fingerprint density at radius 2 is 0.692 bits per heavy atom. The standard InChI is InChI=1S/C66H105O11P/c1-4-7-10-13-16-19-22-25-27-29-31-33-35-38-40-43-46-49-52-55-64(68)73-59-63(77-66(70)57-54-51-48-45-42-39-36-34-32-30-28-26-23-20-17-14-11-8-5-2)61-75-78(71,72)74-60-62(58-67)76-65(69)56-53-50-47-44-41-37-24-21-18-15-12-9-6-3/h7,9-10,12,16-21,25-28,31-34,37-38,40-41,47,50,62-63,67H,4-6,8,11,13-15,22-24,29-30,35-36,39,42-46,48-49,51-61H2,1-3H3,(H,71,72)/b10-7-,12-9-,19-16-,20-17-,21-18-,27-25-,28-26-,33-31-,34-32-,40-38-,41-37-,50-47-. The van der Waals surface area contributed by atoms with E-state index in [1.54, 1.807) is 0 Å². The second kappa shape index (κ2) is 58.5. The first kappa shape index (κ1) is 73.4. The SMILES string of the molecule is CC/C=C\C/C=C\C/C=C\C/C=C\C/C=C\CCCCCC(=O)OCC(COP(=O)(O)OCC(CO)OC(=O)CC/C=C\C/C=C\C/C=C\C/C=C\CC)OC(=O)CCCCCCCC/C=C\C/C=C\C/C=C\CCCCC. The highest BCUT2D eigenvalue weighted by atomic mass is 31.2. The molecule has 0 aromatic heterocycles. The van der Waals surface area contributed by atoms with Crippen LogP contribution >= 0.6 is 7.82 Å². The van der Waals surface area contributed by atoms with Crippen LogP contribution in [0.2, 0.25) is 0 Å². The average Bonchev–Trinajstić information content (AvgIpc) is 3.43. The Labute approximate surface area is 473 Å². The lowest BCUT2D eigenvalue weighted by atomic mass is 10.1. The Bertz CT molecular complexity index is 1860. The number of hydrogen-bond acceptors (Lipinski definition) is 10. The molecule has 3 atom stereocenters. The normalized spacial score (nSPS) is 14.4. The maximum atomic E-state index is 12.9. The zero-order chi connectivity index (χ0) is 56.9. The number of allylic oxidation sites excluding steroid dienone is 24. The van der Waals surface area contributed by atoms with Crippen LogP contribution in [0.4, 0.5) is 0 Å². The fourth-order valence-electron chi connectivity index (χ4n) is 7.28. The summed E-state index contributed by atoms with van der Waals surface area (Å²) in [5.41, 5.74) is 0. The number of unbranched alkanes of at least 4 members (excludes halogenated alkanes) is 12. The minimum absolute atomic E-state index is 0.0449. The molecule has 78 heavy (non-hydrogen) atoms. The highest BCUT2D eigenvalue weighted by Gasteiger charge is 2.28. The number of ether oxygens (including phenoxy) is 3. The van der Waals surface area contributed by atoms with Gasteiger partial charge in [-0.05, 0) is 128 Å². The van der Waals surface area contributed by atoms with Crippen molar-refractivity contribution in [3.8, 4) is 0 Å². The van der Waals surface area contributed by atoms with E-state index in [0.29, 0.717) is 19.3 Å². The van der Waals surface area contributed by atoms with Crippen LogP contribution in [0.5, 0.6) is 0 Å². The van der Waals surface area contributed by atoms with Crippen LogP contribution in [0.25, 0.3) is 0 Å². The van der Waals surface area contributed by atoms with Gasteiger partial charge in [0, 0.05) is 19.3 Å². The molecule has 0 heterocycles. The number of phosphoric acid groups is 1. The molecule has 0 radical (unpaired) electrons. The van der Waals surface area contributed by atoms with Crippen LogP contribution in [0.1, 0.15) is 213 Å². The summed E-state index contributed by atoms with van der Waals surface area (Å²) < 4.78 is 39.4. The van der Waals surface area contributed by atoms with Crippen molar-refractivity contribution >= 4 is 25.7 Å². The third-order valence-corrected chi connectivity index (χ3v) is 12.7. The number of phosphoric ester groups is 1. The Balaban J connectivity index is 4.89. The van der Waals surface area contributed by atoms with Crippen LogP contribution in [0.3, 0.4) is 0 Å². The van der Waals surface area contributed by atoms with Crippen LogP contribution in [-0.2, 0) is 42.2 Å². The van der Waals surface area contributed by atoms with Crippen molar-refractivity contribution < 1.29 is 52.2 Å². The van der Waals surface area contributed by atoms with Crippen LogP contribution in [0, 0.1) is 0 Å². The molecule has 2 N–H and O–H groups in total. The lowest BCUT2D eigenvalue weighted by Gasteiger charge is -2.21. The van der Waals surface area contributed by atoms with E-state index in [0.717, 1.165) is 128 Å². The van der Waals surface area contributed by atoms with Gasteiger partial charge in [-0.3, -0.25) is 23.4 Å². The molecule has 0 saturated carbocycles. The summed E-state index contributed by atoms with van der Waals surface area (Å²) in [6.45, 7) is 4.23. The molecule has 0 aliphatic heterocycles. The first-order valence-corrected chi connectivity index (χ1v) is 31.2. The van der Waals surface area contributed by atoms with Gasteiger partial charge in [0.15, 0.2) is 6.10 Å². The molecule has 0 saturated heterocycles.